The lowest BCUT2D eigenvalue weighted by Gasteiger charge is -2.13. The quantitative estimate of drug-likeness (QED) is 0.628. The number of hydrogen-bond acceptors (Lipinski definition) is 6. The Labute approximate surface area is 164 Å². The number of halogens is 3. The van der Waals surface area contributed by atoms with Crippen LogP contribution in [0.2, 0.25) is 0 Å². The van der Waals surface area contributed by atoms with E-state index in [0.29, 0.717) is 17.0 Å². The fraction of sp³-hybridized carbons (Fsp3) is 0.167. The first kappa shape index (κ1) is 20.5. The van der Waals surface area contributed by atoms with E-state index in [0.717, 1.165) is 24.3 Å². The van der Waals surface area contributed by atoms with Crippen LogP contribution >= 0.6 is 0 Å². The average Bonchev–Trinajstić information content (AvgIpc) is 3.08. The van der Waals surface area contributed by atoms with Crippen molar-refractivity contribution in [1.29, 1.82) is 0 Å². The highest BCUT2D eigenvalue weighted by atomic mass is 32.2. The smallest absolute Gasteiger partial charge is 0.495 e. The van der Waals surface area contributed by atoms with Crippen LogP contribution < -0.4 is 14.2 Å². The van der Waals surface area contributed by atoms with Crippen LogP contribution in [-0.4, -0.2) is 27.0 Å². The summed E-state index contributed by atoms with van der Waals surface area (Å²) in [6.45, 7) is 1.72. The third-order valence-corrected chi connectivity index (χ3v) is 5.11. The molecule has 0 radical (unpaired) electrons. The van der Waals surface area contributed by atoms with E-state index < -0.39 is 22.1 Å². The van der Waals surface area contributed by atoms with Crippen LogP contribution in [-0.2, 0) is 10.0 Å². The van der Waals surface area contributed by atoms with Crippen molar-refractivity contribution < 1.29 is 35.6 Å². The molecule has 3 rings (SSSR count). The molecule has 0 amide bonds. The molecule has 29 heavy (non-hydrogen) atoms. The zero-order valence-corrected chi connectivity index (χ0v) is 16.0. The fourth-order valence-electron chi connectivity index (χ4n) is 2.47. The van der Waals surface area contributed by atoms with Crippen molar-refractivity contribution in [3.8, 4) is 22.8 Å². The largest absolute Gasteiger partial charge is 0.573 e. The van der Waals surface area contributed by atoms with Gasteiger partial charge < -0.3 is 14.0 Å². The number of rotatable bonds is 6. The highest BCUT2D eigenvalue weighted by molar-refractivity contribution is 7.92. The van der Waals surface area contributed by atoms with E-state index >= 15 is 0 Å². The van der Waals surface area contributed by atoms with Gasteiger partial charge in [0.05, 0.1) is 12.8 Å². The van der Waals surface area contributed by atoms with Crippen LogP contribution in [0.1, 0.15) is 5.69 Å². The van der Waals surface area contributed by atoms with Crippen molar-refractivity contribution >= 4 is 15.7 Å². The van der Waals surface area contributed by atoms with Crippen molar-refractivity contribution in [3.05, 3.63) is 54.2 Å². The number of benzene rings is 2. The number of nitrogens with zero attached hydrogens (tertiary/aromatic N) is 1. The van der Waals surface area contributed by atoms with Gasteiger partial charge in [0, 0.05) is 17.3 Å². The number of aryl methyl sites for hydroxylation is 1. The molecule has 0 bridgehead atoms. The number of methoxy groups -OCH3 is 1. The Balaban J connectivity index is 1.90. The molecule has 154 valence electrons. The highest BCUT2D eigenvalue weighted by Gasteiger charge is 2.31. The second kappa shape index (κ2) is 7.66. The number of anilines is 1. The Morgan fingerprint density at radius 1 is 1.07 bits per heavy atom. The Bertz CT molecular complexity index is 1110. The molecule has 0 aliphatic heterocycles. The van der Waals surface area contributed by atoms with Crippen LogP contribution in [0.4, 0.5) is 18.9 Å². The van der Waals surface area contributed by atoms with Gasteiger partial charge in [-0.3, -0.25) is 4.72 Å². The summed E-state index contributed by atoms with van der Waals surface area (Å²) in [5.41, 5.74) is 1.13. The molecule has 3 aromatic rings. The van der Waals surface area contributed by atoms with Crippen molar-refractivity contribution in [1.82, 2.24) is 5.16 Å². The van der Waals surface area contributed by atoms with Crippen molar-refractivity contribution in [2.24, 2.45) is 0 Å². The van der Waals surface area contributed by atoms with Crippen LogP contribution in [0.5, 0.6) is 11.5 Å². The van der Waals surface area contributed by atoms with Crippen LogP contribution in [0.3, 0.4) is 0 Å². The Morgan fingerprint density at radius 3 is 2.31 bits per heavy atom. The third kappa shape index (κ3) is 4.99. The van der Waals surface area contributed by atoms with Crippen LogP contribution in [0, 0.1) is 6.92 Å². The van der Waals surface area contributed by atoms with E-state index in [1.54, 1.807) is 19.1 Å². The van der Waals surface area contributed by atoms with Crippen molar-refractivity contribution in [3.63, 3.8) is 0 Å². The molecule has 11 heteroatoms. The molecule has 0 spiro atoms. The zero-order valence-electron chi connectivity index (χ0n) is 15.1. The van der Waals surface area contributed by atoms with E-state index in [2.05, 4.69) is 14.6 Å². The Hall–Kier alpha value is -3.21. The summed E-state index contributed by atoms with van der Waals surface area (Å²) in [6.07, 6.45) is -4.84. The number of nitrogens with one attached hydrogen (secondary N) is 1. The Morgan fingerprint density at radius 2 is 1.76 bits per heavy atom. The third-order valence-electron chi connectivity index (χ3n) is 3.71. The van der Waals surface area contributed by atoms with Gasteiger partial charge in [-0.15, -0.1) is 13.2 Å². The molecule has 1 aromatic heterocycles. The molecule has 0 saturated heterocycles. The maximum atomic E-state index is 12.8. The second-order valence-corrected chi connectivity index (χ2v) is 7.53. The van der Waals surface area contributed by atoms with E-state index in [-0.39, 0.29) is 16.3 Å². The van der Waals surface area contributed by atoms with Gasteiger partial charge in [-0.05, 0) is 49.4 Å². The van der Waals surface area contributed by atoms with E-state index in [9.17, 15) is 21.6 Å². The highest BCUT2D eigenvalue weighted by Crippen LogP contribution is 2.32. The van der Waals surface area contributed by atoms with Crippen LogP contribution in [0.25, 0.3) is 11.3 Å². The average molecular weight is 428 g/mol. The minimum atomic E-state index is -4.84. The lowest BCUT2D eigenvalue weighted by Crippen LogP contribution is -2.17. The normalized spacial score (nSPS) is 11.9. The summed E-state index contributed by atoms with van der Waals surface area (Å²) in [7, 11) is -2.81. The minimum absolute atomic E-state index is 0.0440. The fourth-order valence-corrected chi connectivity index (χ4v) is 3.73. The predicted molar refractivity (Wildman–Crippen MR) is 97.2 cm³/mol. The molecular weight excluding hydrogens is 413 g/mol. The number of hydrogen-bond donors (Lipinski definition) is 1. The number of sulfonamides is 1. The number of ether oxygens (including phenoxy) is 2. The van der Waals surface area contributed by atoms with Gasteiger partial charge in [0.15, 0.2) is 5.76 Å². The summed E-state index contributed by atoms with van der Waals surface area (Å²) < 4.78 is 78.7. The molecule has 2 aromatic carbocycles. The van der Waals surface area contributed by atoms with Crippen LogP contribution in [0.15, 0.2) is 57.9 Å². The SMILES string of the molecule is COc1ccc(-c2cc(C)no2)cc1S(=O)(=O)Nc1ccc(OC(F)(F)F)cc1. The molecule has 0 fully saturated rings. The first-order chi connectivity index (χ1) is 13.6. The van der Waals surface area contributed by atoms with Gasteiger partial charge in [-0.1, -0.05) is 5.16 Å². The van der Waals surface area contributed by atoms with Gasteiger partial charge in [0.1, 0.15) is 16.4 Å². The molecule has 0 saturated carbocycles. The van der Waals surface area contributed by atoms with Gasteiger partial charge >= 0.3 is 6.36 Å². The molecule has 0 atom stereocenters. The second-order valence-electron chi connectivity index (χ2n) is 5.88. The van der Waals surface area contributed by atoms with Gasteiger partial charge in [-0.2, -0.15) is 0 Å². The summed E-state index contributed by atoms with van der Waals surface area (Å²) in [4.78, 5) is -0.179. The standard InChI is InChI=1S/C18H15F3N2O5S/c1-11-9-16(28-22-11)12-3-8-15(26-2)17(10-12)29(24,25)23-13-4-6-14(7-5-13)27-18(19,20)21/h3-10,23H,1-2H3. The first-order valence-corrected chi connectivity index (χ1v) is 9.56. The molecule has 1 heterocycles. The zero-order chi connectivity index (χ0) is 21.2. The molecule has 7 nitrogen and oxygen atoms in total. The lowest BCUT2D eigenvalue weighted by molar-refractivity contribution is -0.274. The summed E-state index contributed by atoms with van der Waals surface area (Å²) in [6, 6.07) is 10.4. The molecule has 1 N–H and O–H groups in total. The Kier molecular flexibility index (Phi) is 5.42. The maximum Gasteiger partial charge on any atom is 0.573 e. The van der Waals surface area contributed by atoms with Crippen molar-refractivity contribution in [2.45, 2.75) is 18.2 Å². The first-order valence-electron chi connectivity index (χ1n) is 8.08. The van der Waals surface area contributed by atoms with Crippen molar-refractivity contribution in [2.75, 3.05) is 11.8 Å². The van der Waals surface area contributed by atoms with E-state index in [1.807, 2.05) is 0 Å². The maximum absolute atomic E-state index is 12.8. The number of alkyl halides is 3. The summed E-state index contributed by atoms with van der Waals surface area (Å²) in [5.74, 6) is -0.0227. The summed E-state index contributed by atoms with van der Waals surface area (Å²) in [5, 5.41) is 3.77. The predicted octanol–water partition coefficient (Wildman–Crippen LogP) is 4.36. The van der Waals surface area contributed by atoms with Gasteiger partial charge in [-0.25, -0.2) is 8.42 Å². The molecule has 0 aliphatic carbocycles. The van der Waals surface area contributed by atoms with E-state index in [4.69, 9.17) is 9.26 Å². The van der Waals surface area contributed by atoms with E-state index in [1.165, 1.54) is 19.2 Å². The van der Waals surface area contributed by atoms with Gasteiger partial charge in [0.25, 0.3) is 10.0 Å². The minimum Gasteiger partial charge on any atom is -0.495 e. The number of aromatic nitrogens is 1. The summed E-state index contributed by atoms with van der Waals surface area (Å²) >= 11 is 0. The molecule has 0 unspecified atom stereocenters. The topological polar surface area (TPSA) is 90.7 Å². The van der Waals surface area contributed by atoms with Gasteiger partial charge in [0.2, 0.25) is 0 Å². The monoisotopic (exact) mass is 428 g/mol. The lowest BCUT2D eigenvalue weighted by atomic mass is 10.1. The molecule has 0 aliphatic rings. The molecular formula is C18H15F3N2O5S.